The van der Waals surface area contributed by atoms with E-state index in [1.54, 1.807) is 20.8 Å². The van der Waals surface area contributed by atoms with E-state index in [1.165, 1.54) is 0 Å². The third-order valence-corrected chi connectivity index (χ3v) is 2.83. The molecule has 0 aliphatic heterocycles. The third-order valence-electron chi connectivity index (χ3n) is 2.83. The van der Waals surface area contributed by atoms with Crippen molar-refractivity contribution in [1.29, 1.82) is 0 Å². The predicted octanol–water partition coefficient (Wildman–Crippen LogP) is 1.36. The van der Waals surface area contributed by atoms with Crippen molar-refractivity contribution < 1.29 is 18.9 Å². The molecular weight excluding hydrogens is 281 g/mol. The summed E-state index contributed by atoms with van der Waals surface area (Å²) in [5.74, 6) is -2.51. The standard InChI is InChI=1S/C13H16FN3O4/c1-13(2,3)10(11(15)18)16-12(19)8-6-7(14)4-5-9(8)17(20)21/h4-6,10H,1-3H3,(H2,15,18)(H,16,19). The zero-order valence-electron chi connectivity index (χ0n) is 11.8. The van der Waals surface area contributed by atoms with Gasteiger partial charge in [0.05, 0.1) is 4.92 Å². The van der Waals surface area contributed by atoms with Gasteiger partial charge >= 0.3 is 0 Å². The smallest absolute Gasteiger partial charge is 0.282 e. The van der Waals surface area contributed by atoms with Crippen molar-refractivity contribution in [3.8, 4) is 0 Å². The number of hydrogen-bond donors (Lipinski definition) is 2. The van der Waals surface area contributed by atoms with E-state index in [-0.39, 0.29) is 0 Å². The molecule has 0 heterocycles. The molecule has 0 fully saturated rings. The van der Waals surface area contributed by atoms with Crippen LogP contribution in [0, 0.1) is 21.3 Å². The topological polar surface area (TPSA) is 115 Å². The number of amides is 2. The average Bonchev–Trinajstić information content (AvgIpc) is 2.33. The highest BCUT2D eigenvalue weighted by Gasteiger charge is 2.33. The van der Waals surface area contributed by atoms with Gasteiger partial charge in [-0.3, -0.25) is 19.7 Å². The summed E-state index contributed by atoms with van der Waals surface area (Å²) in [6.45, 7) is 5.01. The highest BCUT2D eigenvalue weighted by molar-refractivity contribution is 6.00. The largest absolute Gasteiger partial charge is 0.368 e. The van der Waals surface area contributed by atoms with Crippen LogP contribution in [0.15, 0.2) is 18.2 Å². The number of benzene rings is 1. The van der Waals surface area contributed by atoms with E-state index in [9.17, 15) is 24.1 Å². The number of nitro groups is 1. The van der Waals surface area contributed by atoms with Crippen LogP contribution in [0.1, 0.15) is 31.1 Å². The van der Waals surface area contributed by atoms with Gasteiger partial charge in [-0.2, -0.15) is 0 Å². The summed E-state index contributed by atoms with van der Waals surface area (Å²) in [5.41, 5.74) is 3.51. The number of nitro benzene ring substituents is 1. The van der Waals surface area contributed by atoms with Crippen LogP contribution in [0.3, 0.4) is 0 Å². The second-order valence-corrected chi connectivity index (χ2v) is 5.59. The summed E-state index contributed by atoms with van der Waals surface area (Å²) in [5, 5.41) is 13.2. The van der Waals surface area contributed by atoms with Crippen molar-refractivity contribution in [2.75, 3.05) is 0 Å². The lowest BCUT2D eigenvalue weighted by atomic mass is 9.86. The summed E-state index contributed by atoms with van der Waals surface area (Å²) >= 11 is 0. The van der Waals surface area contributed by atoms with Crippen LogP contribution in [0.25, 0.3) is 0 Å². The molecule has 1 aromatic carbocycles. The molecule has 0 saturated heterocycles. The Kier molecular flexibility index (Phi) is 4.62. The maximum Gasteiger partial charge on any atom is 0.282 e. The number of nitrogens with one attached hydrogen (secondary N) is 1. The first-order valence-electron chi connectivity index (χ1n) is 6.08. The van der Waals surface area contributed by atoms with Gasteiger partial charge < -0.3 is 11.1 Å². The van der Waals surface area contributed by atoms with Gasteiger partial charge in [-0.05, 0) is 17.5 Å². The molecule has 1 atom stereocenters. The molecule has 0 saturated carbocycles. The van der Waals surface area contributed by atoms with Crippen LogP contribution in [0.5, 0.6) is 0 Å². The summed E-state index contributed by atoms with van der Waals surface area (Å²) in [7, 11) is 0. The maximum absolute atomic E-state index is 13.2. The minimum Gasteiger partial charge on any atom is -0.368 e. The van der Waals surface area contributed by atoms with Crippen LogP contribution < -0.4 is 11.1 Å². The summed E-state index contributed by atoms with van der Waals surface area (Å²) < 4.78 is 13.2. The second kappa shape index (κ2) is 5.86. The highest BCUT2D eigenvalue weighted by atomic mass is 19.1. The number of rotatable bonds is 4. The summed E-state index contributed by atoms with van der Waals surface area (Å²) in [4.78, 5) is 33.6. The molecule has 8 heteroatoms. The van der Waals surface area contributed by atoms with Crippen molar-refractivity contribution >= 4 is 17.5 Å². The van der Waals surface area contributed by atoms with Gasteiger partial charge in [0.25, 0.3) is 11.6 Å². The molecule has 21 heavy (non-hydrogen) atoms. The molecule has 0 radical (unpaired) electrons. The molecule has 1 aromatic rings. The number of carbonyl (C=O) groups excluding carboxylic acids is 2. The quantitative estimate of drug-likeness (QED) is 0.644. The zero-order valence-corrected chi connectivity index (χ0v) is 11.8. The van der Waals surface area contributed by atoms with E-state index in [2.05, 4.69) is 5.32 Å². The van der Waals surface area contributed by atoms with Gasteiger partial charge in [-0.25, -0.2) is 4.39 Å². The van der Waals surface area contributed by atoms with E-state index in [1.807, 2.05) is 0 Å². The van der Waals surface area contributed by atoms with E-state index in [4.69, 9.17) is 5.73 Å². The zero-order chi connectivity index (χ0) is 16.4. The van der Waals surface area contributed by atoms with Crippen molar-refractivity contribution in [3.05, 3.63) is 39.7 Å². The highest BCUT2D eigenvalue weighted by Crippen LogP contribution is 2.22. The first-order chi connectivity index (χ1) is 9.54. The Morgan fingerprint density at radius 1 is 1.38 bits per heavy atom. The first-order valence-corrected chi connectivity index (χ1v) is 6.08. The molecule has 0 aliphatic carbocycles. The van der Waals surface area contributed by atoms with E-state index in [0.29, 0.717) is 0 Å². The lowest BCUT2D eigenvalue weighted by Crippen LogP contribution is -2.52. The summed E-state index contributed by atoms with van der Waals surface area (Å²) in [6, 6.07) is 1.46. The maximum atomic E-state index is 13.2. The Morgan fingerprint density at radius 3 is 2.38 bits per heavy atom. The molecule has 0 aromatic heterocycles. The molecule has 1 rings (SSSR count). The van der Waals surface area contributed by atoms with Gasteiger partial charge in [-0.1, -0.05) is 20.8 Å². The molecule has 1 unspecified atom stereocenters. The van der Waals surface area contributed by atoms with Crippen LogP contribution in [-0.2, 0) is 4.79 Å². The van der Waals surface area contributed by atoms with Gasteiger partial charge in [0.1, 0.15) is 17.4 Å². The number of hydrogen-bond acceptors (Lipinski definition) is 4. The molecule has 2 amide bonds. The molecule has 114 valence electrons. The minimum absolute atomic E-state index is 0.462. The Balaban J connectivity index is 3.17. The summed E-state index contributed by atoms with van der Waals surface area (Å²) in [6.07, 6.45) is 0. The monoisotopic (exact) mass is 297 g/mol. The Morgan fingerprint density at radius 2 is 1.95 bits per heavy atom. The molecule has 3 N–H and O–H groups in total. The Bertz CT molecular complexity index is 596. The minimum atomic E-state index is -1.05. The molecule has 0 spiro atoms. The van der Waals surface area contributed by atoms with Crippen molar-refractivity contribution in [2.24, 2.45) is 11.1 Å². The fraction of sp³-hybridized carbons (Fsp3) is 0.385. The van der Waals surface area contributed by atoms with Crippen LogP contribution in [0.2, 0.25) is 0 Å². The van der Waals surface area contributed by atoms with Crippen LogP contribution in [-0.4, -0.2) is 22.8 Å². The Labute approximate surface area is 120 Å². The van der Waals surface area contributed by atoms with E-state index in [0.717, 1.165) is 18.2 Å². The van der Waals surface area contributed by atoms with Gasteiger partial charge in [0, 0.05) is 6.07 Å². The normalized spacial score (nSPS) is 12.6. The second-order valence-electron chi connectivity index (χ2n) is 5.59. The average molecular weight is 297 g/mol. The molecule has 0 bridgehead atoms. The van der Waals surface area contributed by atoms with Crippen molar-refractivity contribution in [3.63, 3.8) is 0 Å². The third kappa shape index (κ3) is 3.98. The van der Waals surface area contributed by atoms with Crippen molar-refractivity contribution in [1.82, 2.24) is 5.32 Å². The molecule has 0 aliphatic rings. The lowest BCUT2D eigenvalue weighted by Gasteiger charge is -2.28. The predicted molar refractivity (Wildman–Crippen MR) is 73.0 cm³/mol. The van der Waals surface area contributed by atoms with Gasteiger partial charge in [0.2, 0.25) is 5.91 Å². The van der Waals surface area contributed by atoms with Gasteiger partial charge in [-0.15, -0.1) is 0 Å². The molecular formula is C13H16FN3O4. The Hall–Kier alpha value is -2.51. The fourth-order valence-electron chi connectivity index (χ4n) is 1.77. The number of carbonyl (C=O) groups is 2. The number of nitrogens with two attached hydrogens (primary N) is 1. The van der Waals surface area contributed by atoms with Gasteiger partial charge in [0.15, 0.2) is 0 Å². The van der Waals surface area contributed by atoms with E-state index < -0.39 is 45.3 Å². The number of halogens is 1. The van der Waals surface area contributed by atoms with Crippen molar-refractivity contribution in [2.45, 2.75) is 26.8 Å². The van der Waals surface area contributed by atoms with Crippen LogP contribution >= 0.6 is 0 Å². The first kappa shape index (κ1) is 16.5. The lowest BCUT2D eigenvalue weighted by molar-refractivity contribution is -0.385. The SMILES string of the molecule is CC(C)(C)C(NC(=O)c1cc(F)ccc1[N+](=O)[O-])C(N)=O. The number of primary amides is 1. The van der Waals surface area contributed by atoms with Crippen LogP contribution in [0.4, 0.5) is 10.1 Å². The van der Waals surface area contributed by atoms with E-state index >= 15 is 0 Å². The number of nitrogens with zero attached hydrogens (tertiary/aromatic N) is 1. The molecule has 7 nitrogen and oxygen atoms in total. The fourth-order valence-corrected chi connectivity index (χ4v) is 1.77.